The van der Waals surface area contributed by atoms with Gasteiger partial charge in [-0.2, -0.15) is 5.10 Å². The average Bonchev–Trinajstić information content (AvgIpc) is 3.46. The second-order valence-electron chi connectivity index (χ2n) is 7.06. The molecule has 1 atom stereocenters. The smallest absolute Gasteiger partial charge is 0.272 e. The second kappa shape index (κ2) is 9.47. The number of hydrogen-bond acceptors (Lipinski definition) is 6. The highest BCUT2D eigenvalue weighted by atomic mass is 35.5. The van der Waals surface area contributed by atoms with Crippen LogP contribution in [0.15, 0.2) is 47.8 Å². The second-order valence-corrected chi connectivity index (χ2v) is 8.36. The van der Waals surface area contributed by atoms with Crippen molar-refractivity contribution in [3.05, 3.63) is 69.8 Å². The Morgan fingerprint density at radius 3 is 2.72 bits per heavy atom. The van der Waals surface area contributed by atoms with Crippen molar-refractivity contribution < 1.29 is 14.7 Å². The zero-order valence-corrected chi connectivity index (χ0v) is 18.6. The molecule has 4 aromatic rings. The summed E-state index contributed by atoms with van der Waals surface area (Å²) in [7, 11) is 1.55. The first-order chi connectivity index (χ1) is 15.5. The van der Waals surface area contributed by atoms with Crippen molar-refractivity contribution in [2.24, 2.45) is 0 Å². The molecule has 0 saturated carbocycles. The van der Waals surface area contributed by atoms with Gasteiger partial charge >= 0.3 is 0 Å². The number of carbonyl (C=O) groups is 2. The van der Waals surface area contributed by atoms with E-state index in [2.05, 4.69) is 25.8 Å². The lowest BCUT2D eigenvalue weighted by atomic mass is 10.1. The summed E-state index contributed by atoms with van der Waals surface area (Å²) in [4.78, 5) is 28.8. The van der Waals surface area contributed by atoms with Gasteiger partial charge in [-0.15, -0.1) is 11.3 Å². The molecule has 0 unspecified atom stereocenters. The summed E-state index contributed by atoms with van der Waals surface area (Å²) < 4.78 is 0. The predicted octanol–water partition coefficient (Wildman–Crippen LogP) is 3.55. The summed E-state index contributed by atoms with van der Waals surface area (Å²) in [6.07, 6.45) is -0.325. The van der Waals surface area contributed by atoms with E-state index in [0.29, 0.717) is 45.3 Å². The number of hydrogen-bond donors (Lipinski definition) is 4. The van der Waals surface area contributed by atoms with Crippen molar-refractivity contribution in [1.82, 2.24) is 25.8 Å². The standard InChI is InChI=1S/C22H20ClN5O3S/c1-24-21(31)19-15-7-4-13(10-16(15)27-28-19)22-26-17(11-32-22)20(30)25-9-8-18(29)12-2-5-14(23)6-3-12/h2-7,10-11,18,29H,8-9H2,1H3,(H,24,31)(H,25,30)(H,27,28)/t18-/m1/s1. The number of nitrogens with one attached hydrogen (secondary N) is 3. The summed E-state index contributed by atoms with van der Waals surface area (Å²) in [6, 6.07) is 12.4. The Morgan fingerprint density at radius 1 is 1.19 bits per heavy atom. The Kier molecular flexibility index (Phi) is 6.50. The lowest BCUT2D eigenvalue weighted by Crippen LogP contribution is -2.25. The fourth-order valence-corrected chi connectivity index (χ4v) is 4.14. The maximum atomic E-state index is 12.4. The monoisotopic (exact) mass is 469 g/mol. The quantitative estimate of drug-likeness (QED) is 0.330. The molecule has 0 radical (unpaired) electrons. The van der Waals surface area contributed by atoms with E-state index in [1.54, 1.807) is 42.8 Å². The minimum absolute atomic E-state index is 0.265. The number of rotatable bonds is 7. The number of carbonyl (C=O) groups excluding carboxylic acids is 2. The van der Waals surface area contributed by atoms with Crippen molar-refractivity contribution in [1.29, 1.82) is 0 Å². The predicted molar refractivity (Wildman–Crippen MR) is 124 cm³/mol. The molecule has 164 valence electrons. The van der Waals surface area contributed by atoms with Gasteiger partial charge in [-0.3, -0.25) is 14.7 Å². The van der Waals surface area contributed by atoms with Crippen molar-refractivity contribution in [3.63, 3.8) is 0 Å². The van der Waals surface area contributed by atoms with Crippen LogP contribution in [0.1, 0.15) is 39.1 Å². The lowest BCUT2D eigenvalue weighted by Gasteiger charge is -2.11. The largest absolute Gasteiger partial charge is 0.388 e. The van der Waals surface area contributed by atoms with Gasteiger partial charge in [-0.05, 0) is 36.2 Å². The molecule has 2 amide bonds. The first-order valence-electron chi connectivity index (χ1n) is 9.84. The van der Waals surface area contributed by atoms with Gasteiger partial charge < -0.3 is 15.7 Å². The molecule has 2 heterocycles. The van der Waals surface area contributed by atoms with Gasteiger partial charge in [0.2, 0.25) is 0 Å². The highest BCUT2D eigenvalue weighted by molar-refractivity contribution is 7.13. The lowest BCUT2D eigenvalue weighted by molar-refractivity contribution is 0.0935. The summed E-state index contributed by atoms with van der Waals surface area (Å²) >= 11 is 7.21. The number of benzene rings is 2. The molecule has 0 spiro atoms. The molecule has 0 bridgehead atoms. The Balaban J connectivity index is 1.39. The number of halogens is 1. The van der Waals surface area contributed by atoms with E-state index >= 15 is 0 Å². The zero-order valence-electron chi connectivity index (χ0n) is 17.1. The van der Waals surface area contributed by atoms with Crippen LogP contribution < -0.4 is 10.6 Å². The third-order valence-corrected chi connectivity index (χ3v) is 6.09. The van der Waals surface area contributed by atoms with Crippen LogP contribution in [-0.2, 0) is 0 Å². The number of aromatic nitrogens is 3. The molecule has 2 aromatic carbocycles. The maximum Gasteiger partial charge on any atom is 0.272 e. The molecule has 0 fully saturated rings. The number of aliphatic hydroxyl groups excluding tert-OH is 1. The minimum Gasteiger partial charge on any atom is -0.388 e. The normalized spacial score (nSPS) is 12.0. The molecule has 0 aliphatic carbocycles. The SMILES string of the molecule is CNC(=O)c1n[nH]c2cc(-c3nc(C(=O)NCC[C@@H](O)c4ccc(Cl)cc4)cs3)ccc12. The highest BCUT2D eigenvalue weighted by Gasteiger charge is 2.16. The van der Waals surface area contributed by atoms with Crippen molar-refractivity contribution in [3.8, 4) is 10.6 Å². The van der Waals surface area contributed by atoms with Crippen LogP contribution in [0.5, 0.6) is 0 Å². The van der Waals surface area contributed by atoms with Crippen LogP contribution in [0.2, 0.25) is 5.02 Å². The molecule has 32 heavy (non-hydrogen) atoms. The van der Waals surface area contributed by atoms with Crippen LogP contribution >= 0.6 is 22.9 Å². The van der Waals surface area contributed by atoms with E-state index in [1.807, 2.05) is 12.1 Å². The third-order valence-electron chi connectivity index (χ3n) is 4.95. The molecule has 10 heteroatoms. The average molecular weight is 470 g/mol. The molecule has 4 rings (SSSR count). The Hall–Kier alpha value is -3.27. The number of nitrogens with zero attached hydrogens (tertiary/aromatic N) is 2. The number of aliphatic hydroxyl groups is 1. The molecule has 4 N–H and O–H groups in total. The molecule has 8 nitrogen and oxygen atoms in total. The van der Waals surface area contributed by atoms with Crippen molar-refractivity contribution in [2.75, 3.05) is 13.6 Å². The molecular formula is C22H20ClN5O3S. The topological polar surface area (TPSA) is 120 Å². The van der Waals surface area contributed by atoms with Gasteiger partial charge in [0.25, 0.3) is 11.8 Å². The summed E-state index contributed by atoms with van der Waals surface area (Å²) in [5, 5.41) is 26.2. The Bertz CT molecular complexity index is 1270. The van der Waals surface area contributed by atoms with Crippen LogP contribution in [0.4, 0.5) is 0 Å². The van der Waals surface area contributed by atoms with Crippen molar-refractivity contribution in [2.45, 2.75) is 12.5 Å². The number of thiazole rings is 1. The van der Waals surface area contributed by atoms with Gasteiger partial charge in [-0.1, -0.05) is 29.8 Å². The molecule has 2 aromatic heterocycles. The number of aromatic amines is 1. The molecule has 0 aliphatic heterocycles. The number of H-pyrrole nitrogens is 1. The van der Waals surface area contributed by atoms with Crippen LogP contribution in [-0.4, -0.2) is 45.7 Å². The molecule has 0 aliphatic rings. The van der Waals surface area contributed by atoms with E-state index in [4.69, 9.17) is 11.6 Å². The number of fused-ring (bicyclic) bond motifs is 1. The van der Waals surface area contributed by atoms with Crippen LogP contribution in [0.3, 0.4) is 0 Å². The Morgan fingerprint density at radius 2 is 1.97 bits per heavy atom. The first-order valence-corrected chi connectivity index (χ1v) is 11.1. The van der Waals surface area contributed by atoms with E-state index in [0.717, 1.165) is 11.1 Å². The third kappa shape index (κ3) is 4.64. The minimum atomic E-state index is -0.695. The van der Waals surface area contributed by atoms with Crippen LogP contribution in [0, 0.1) is 0 Å². The van der Waals surface area contributed by atoms with Gasteiger partial charge in [0, 0.05) is 34.9 Å². The van der Waals surface area contributed by atoms with E-state index in [9.17, 15) is 14.7 Å². The van der Waals surface area contributed by atoms with Gasteiger partial charge in [0.1, 0.15) is 10.7 Å². The molecule has 0 saturated heterocycles. The zero-order chi connectivity index (χ0) is 22.7. The fraction of sp³-hybridized carbons (Fsp3) is 0.182. The van der Waals surface area contributed by atoms with Gasteiger partial charge in [0.05, 0.1) is 11.6 Å². The summed E-state index contributed by atoms with van der Waals surface area (Å²) in [6.45, 7) is 0.303. The first kappa shape index (κ1) is 21.9. The Labute approximate surface area is 192 Å². The van der Waals surface area contributed by atoms with E-state index in [1.165, 1.54) is 11.3 Å². The summed E-state index contributed by atoms with van der Waals surface area (Å²) in [5.41, 5.74) is 2.90. The highest BCUT2D eigenvalue weighted by Crippen LogP contribution is 2.28. The van der Waals surface area contributed by atoms with E-state index in [-0.39, 0.29) is 11.8 Å². The van der Waals surface area contributed by atoms with Gasteiger partial charge in [-0.25, -0.2) is 4.98 Å². The van der Waals surface area contributed by atoms with E-state index < -0.39 is 6.10 Å². The van der Waals surface area contributed by atoms with Crippen LogP contribution in [0.25, 0.3) is 21.5 Å². The summed E-state index contributed by atoms with van der Waals surface area (Å²) in [5.74, 6) is -0.571. The molecular weight excluding hydrogens is 450 g/mol. The fourth-order valence-electron chi connectivity index (χ4n) is 3.22. The number of amides is 2. The van der Waals surface area contributed by atoms with Crippen molar-refractivity contribution >= 4 is 45.7 Å². The maximum absolute atomic E-state index is 12.4. The van der Waals surface area contributed by atoms with Gasteiger partial charge in [0.15, 0.2) is 5.69 Å².